The van der Waals surface area contributed by atoms with Gasteiger partial charge in [0.15, 0.2) is 5.82 Å². The topological polar surface area (TPSA) is 154 Å². The van der Waals surface area contributed by atoms with Gasteiger partial charge in [0.2, 0.25) is 0 Å². The van der Waals surface area contributed by atoms with Gasteiger partial charge >= 0.3 is 11.4 Å². The second-order valence-electron chi connectivity index (χ2n) is 21.5. The van der Waals surface area contributed by atoms with Gasteiger partial charge in [0.1, 0.15) is 24.1 Å². The normalized spacial score (nSPS) is 20.6. The van der Waals surface area contributed by atoms with Crippen LogP contribution in [0, 0.1) is 19.7 Å². The number of fused-ring (bicyclic) bond motifs is 3. The average Bonchev–Trinajstić information content (AvgIpc) is 3.92. The van der Waals surface area contributed by atoms with Gasteiger partial charge < -0.3 is 18.9 Å². The molecule has 1 aliphatic carbocycles. The van der Waals surface area contributed by atoms with Crippen molar-refractivity contribution in [1.82, 2.24) is 47.9 Å². The predicted molar refractivity (Wildman–Crippen MR) is 271 cm³/mol. The fraction of sp³-hybridized carbons (Fsp3) is 0.434. The largest absolute Gasteiger partial charge is 0.443 e. The molecule has 71 heavy (non-hydrogen) atoms. The minimum absolute atomic E-state index is 0.0336. The molecule has 16 nitrogen and oxygen atoms in total. The van der Waals surface area contributed by atoms with Crippen LogP contribution < -0.4 is 11.4 Å². The molecule has 5 aromatic heterocycles. The molecule has 4 atom stereocenters. The lowest BCUT2D eigenvalue weighted by Gasteiger charge is -2.39. The molecule has 8 aromatic rings. The zero-order chi connectivity index (χ0) is 49.8. The highest BCUT2D eigenvalue weighted by Crippen LogP contribution is 2.58. The average molecular weight is 981 g/mol. The lowest BCUT2D eigenvalue weighted by Crippen LogP contribution is -2.46. The van der Waals surface area contributed by atoms with E-state index in [1.807, 2.05) is 50.1 Å². The number of rotatable bonds is 12. The van der Waals surface area contributed by atoms with E-state index in [1.165, 1.54) is 10.1 Å². The maximum absolute atomic E-state index is 15.9. The Morgan fingerprint density at radius 2 is 1.66 bits per heavy atom. The number of carbonyl (C=O) groups is 1. The number of ether oxygens (including phenoxy) is 2. The second-order valence-corrected chi connectivity index (χ2v) is 27.2. The lowest BCUT2D eigenvalue weighted by atomic mass is 9.91. The lowest BCUT2D eigenvalue weighted by molar-refractivity contribution is 0.0565. The van der Waals surface area contributed by atoms with E-state index in [9.17, 15) is 9.59 Å². The third-order valence-electron chi connectivity index (χ3n) is 15.4. The van der Waals surface area contributed by atoms with E-state index < -0.39 is 25.4 Å². The summed E-state index contributed by atoms with van der Waals surface area (Å²) in [6, 6.07) is 17.9. The minimum atomic E-state index is -1.37. The summed E-state index contributed by atoms with van der Waals surface area (Å²) in [6.45, 7) is 18.4. The van der Waals surface area contributed by atoms with Crippen molar-refractivity contribution in [1.29, 1.82) is 0 Å². The summed E-state index contributed by atoms with van der Waals surface area (Å²) in [5.74, 6) is -0.00564. The summed E-state index contributed by atoms with van der Waals surface area (Å²) in [6.07, 6.45) is 8.08. The summed E-state index contributed by atoms with van der Waals surface area (Å²) in [4.78, 5) is 45.8. The Labute approximate surface area is 411 Å². The van der Waals surface area contributed by atoms with Crippen molar-refractivity contribution in [3.8, 4) is 17.2 Å². The molecule has 18 heteroatoms. The first kappa shape index (κ1) is 46.7. The Kier molecular flexibility index (Phi) is 11.4. The molecule has 0 bridgehead atoms. The highest BCUT2D eigenvalue weighted by Gasteiger charge is 2.57. The van der Waals surface area contributed by atoms with E-state index >= 15 is 9.18 Å². The molecule has 2 fully saturated rings. The van der Waals surface area contributed by atoms with Gasteiger partial charge in [0.05, 0.1) is 40.4 Å². The number of aryl methyl sites for hydroxylation is 3. The first-order chi connectivity index (χ1) is 33.9. The van der Waals surface area contributed by atoms with Gasteiger partial charge in [0.25, 0.3) is 5.91 Å². The van der Waals surface area contributed by atoms with E-state index in [0.717, 1.165) is 51.9 Å². The summed E-state index contributed by atoms with van der Waals surface area (Å²) < 4.78 is 42.6. The number of amides is 1. The minimum Gasteiger partial charge on any atom is -0.381 e. The Morgan fingerprint density at radius 3 is 2.41 bits per heavy atom. The molecule has 0 radical (unpaired) electrons. The number of carbonyl (C=O) groups excluding carboxylic acids is 1. The van der Waals surface area contributed by atoms with Crippen molar-refractivity contribution in [3.05, 3.63) is 140 Å². The van der Waals surface area contributed by atoms with E-state index in [1.54, 1.807) is 63.1 Å². The molecule has 0 N–H and O–H groups in total. The van der Waals surface area contributed by atoms with Gasteiger partial charge in [0, 0.05) is 87.6 Å². The van der Waals surface area contributed by atoms with Gasteiger partial charge in [-0.2, -0.15) is 10.2 Å². The van der Waals surface area contributed by atoms with Crippen LogP contribution in [-0.2, 0) is 35.2 Å². The Morgan fingerprint density at radius 1 is 0.930 bits per heavy atom. The molecular weight excluding hydrogens is 920 g/mol. The van der Waals surface area contributed by atoms with Crippen molar-refractivity contribution in [2.24, 2.45) is 7.05 Å². The van der Waals surface area contributed by atoms with Crippen LogP contribution in [0.3, 0.4) is 0 Å². The number of nitrogens with zero attached hydrogens (tertiary/aromatic N) is 10. The molecule has 1 saturated carbocycles. The molecule has 0 unspecified atom stereocenters. The van der Waals surface area contributed by atoms with Crippen molar-refractivity contribution in [3.63, 3.8) is 0 Å². The van der Waals surface area contributed by atoms with E-state index in [-0.39, 0.29) is 36.1 Å². The molecule has 3 aliphatic rings. The van der Waals surface area contributed by atoms with Gasteiger partial charge in [-0.1, -0.05) is 30.9 Å². The fourth-order valence-electron chi connectivity index (χ4n) is 11.3. The van der Waals surface area contributed by atoms with Crippen LogP contribution >= 0.6 is 0 Å². The fourth-order valence-corrected chi connectivity index (χ4v) is 12.1. The highest BCUT2D eigenvalue weighted by atomic mass is 28.3. The second kappa shape index (κ2) is 17.3. The van der Waals surface area contributed by atoms with Crippen LogP contribution in [0.15, 0.2) is 87.3 Å². The number of halogens is 1. The van der Waals surface area contributed by atoms with Crippen LogP contribution in [0.4, 0.5) is 4.39 Å². The quantitative estimate of drug-likeness (QED) is 0.0863. The zero-order valence-corrected chi connectivity index (χ0v) is 42.9. The smallest absolute Gasteiger partial charge is 0.381 e. The standard InChI is InChI=1S/C53H61FN10O6Si/c1-31-22-40(23-32(2)47(31)54)64-49(60-17-16-59(51(60)66)39-11-13-43-38(26-39)29-55-58(43)6)46-34(4)62(33(3)24-42(46)56-64)50(65)45-27-37-25-36(35-14-18-68-19-15-35)10-12-44(37)63(45)53(5)28-41(53)48-57-70-52(67)61(48)30-69-20-21-71(7,8)9/h10-13,16-17,22-23,25-27,29,33-35,41H,14-15,18-21,24,28,30H2,1-9H3/t33-,34+,41-,53+/m1/s1. The van der Waals surface area contributed by atoms with Crippen molar-refractivity contribution in [2.75, 3.05) is 19.8 Å². The van der Waals surface area contributed by atoms with Crippen molar-refractivity contribution < 1.29 is 23.2 Å². The maximum atomic E-state index is 15.9. The molecular formula is C53H61FN10O6Si. The number of benzene rings is 3. The van der Waals surface area contributed by atoms with Crippen molar-refractivity contribution >= 4 is 35.8 Å². The van der Waals surface area contributed by atoms with Gasteiger partial charge in [-0.3, -0.25) is 23.1 Å². The zero-order valence-electron chi connectivity index (χ0n) is 41.9. The summed E-state index contributed by atoms with van der Waals surface area (Å²) in [5, 5.41) is 15.8. The number of hydrogen-bond acceptors (Lipinski definition) is 9. The van der Waals surface area contributed by atoms with Crippen LogP contribution in [-0.4, -0.2) is 87.7 Å². The van der Waals surface area contributed by atoms with Crippen molar-refractivity contribution in [2.45, 2.75) is 122 Å². The van der Waals surface area contributed by atoms with E-state index in [2.05, 4.69) is 59.6 Å². The van der Waals surface area contributed by atoms with Crippen LogP contribution in [0.25, 0.3) is 39.0 Å². The molecule has 1 saturated heterocycles. The molecule has 0 spiro atoms. The third kappa shape index (κ3) is 7.94. The Balaban J connectivity index is 1.02. The monoisotopic (exact) mass is 980 g/mol. The summed E-state index contributed by atoms with van der Waals surface area (Å²) >= 11 is 0. The van der Waals surface area contributed by atoms with Gasteiger partial charge in [-0.25, -0.2) is 23.2 Å². The third-order valence-corrected chi connectivity index (χ3v) is 17.1. The predicted octanol–water partition coefficient (Wildman–Crippen LogP) is 8.82. The first-order valence-electron chi connectivity index (χ1n) is 24.7. The SMILES string of the molecule is Cc1cc(-n2nc3c(c2-n2ccn(-c4ccc5c(cnn5C)c4)c2=O)[C@H](C)N(C(=O)c2cc4cc(C5CCOCC5)ccc4n2[C@@]2(C)C[C@@H]2c2noc(=O)n2COCC[Si](C)(C)C)[C@H](C)C3)cc(C)c1F. The Bertz CT molecular complexity index is 3500. The van der Waals surface area contributed by atoms with Gasteiger partial charge in [-0.05, 0) is 131 Å². The molecule has 1 amide bonds. The van der Waals surface area contributed by atoms with E-state index in [0.29, 0.717) is 78.4 Å². The number of imidazole rings is 1. The molecule has 11 rings (SSSR count). The maximum Gasteiger partial charge on any atom is 0.443 e. The Hall–Kier alpha value is -6.63. The van der Waals surface area contributed by atoms with Crippen LogP contribution in [0.1, 0.15) is 102 Å². The summed E-state index contributed by atoms with van der Waals surface area (Å²) in [7, 11) is 0.503. The highest BCUT2D eigenvalue weighted by molar-refractivity contribution is 6.76. The molecule has 3 aromatic carbocycles. The number of hydrogen-bond donors (Lipinski definition) is 0. The molecule has 2 aliphatic heterocycles. The number of aromatic nitrogens is 9. The van der Waals surface area contributed by atoms with E-state index in [4.69, 9.17) is 19.1 Å². The first-order valence-corrected chi connectivity index (χ1v) is 28.4. The molecule has 7 heterocycles. The van der Waals surface area contributed by atoms with Gasteiger partial charge in [-0.15, -0.1) is 0 Å². The van der Waals surface area contributed by atoms with Crippen LogP contribution in [0.5, 0.6) is 0 Å². The van der Waals surface area contributed by atoms with Crippen LogP contribution in [0.2, 0.25) is 25.7 Å². The summed E-state index contributed by atoms with van der Waals surface area (Å²) in [5.41, 5.74) is 6.19. The molecule has 370 valence electrons.